The van der Waals surface area contributed by atoms with E-state index in [0.29, 0.717) is 34.8 Å². The number of ether oxygens (including phenoxy) is 1. The topological polar surface area (TPSA) is 143 Å². The van der Waals surface area contributed by atoms with Crippen molar-refractivity contribution in [3.05, 3.63) is 45.7 Å². The van der Waals surface area contributed by atoms with Gasteiger partial charge in [-0.25, -0.2) is 4.79 Å². The first kappa shape index (κ1) is 27.2. The number of piperidine rings is 1. The first-order chi connectivity index (χ1) is 18.7. The molecule has 2 N–H and O–H groups in total. The third-order valence-electron chi connectivity index (χ3n) is 6.98. The predicted octanol–water partition coefficient (Wildman–Crippen LogP) is 3.77. The molecule has 0 spiro atoms. The minimum Gasteiger partial charge on any atom is -0.450 e. The molecular formula is C25H29ClN6O6S. The van der Waals surface area contributed by atoms with E-state index in [-0.39, 0.29) is 29.9 Å². The van der Waals surface area contributed by atoms with Gasteiger partial charge in [0.1, 0.15) is 11.4 Å². The maximum Gasteiger partial charge on any atom is 0.507 e. The Morgan fingerprint density at radius 3 is 2.59 bits per heavy atom. The van der Waals surface area contributed by atoms with Gasteiger partial charge in [0.25, 0.3) is 11.8 Å². The summed E-state index contributed by atoms with van der Waals surface area (Å²) in [6, 6.07) is 7.21. The van der Waals surface area contributed by atoms with Crippen LogP contribution in [0.2, 0.25) is 4.34 Å². The number of hydrogen-bond donors (Lipinski definition) is 2. The second-order valence-corrected chi connectivity index (χ2v) is 11.6. The number of nitrogens with one attached hydrogen (secondary N) is 1. The average molecular weight is 577 g/mol. The van der Waals surface area contributed by atoms with Gasteiger partial charge < -0.3 is 29.5 Å². The Morgan fingerprint density at radius 2 is 1.97 bits per heavy atom. The summed E-state index contributed by atoms with van der Waals surface area (Å²) >= 11 is 7.39. The lowest BCUT2D eigenvalue weighted by molar-refractivity contribution is -0.0752. The molecule has 208 valence electrons. The molecule has 14 heteroatoms. The Kier molecular flexibility index (Phi) is 7.91. The third kappa shape index (κ3) is 6.10. The Bertz CT molecular complexity index is 1360. The van der Waals surface area contributed by atoms with Gasteiger partial charge in [0.05, 0.1) is 15.8 Å². The van der Waals surface area contributed by atoms with E-state index in [1.54, 1.807) is 12.1 Å². The van der Waals surface area contributed by atoms with Crippen LogP contribution >= 0.6 is 22.9 Å². The van der Waals surface area contributed by atoms with Crippen molar-refractivity contribution in [2.24, 2.45) is 0 Å². The molecule has 1 atom stereocenters. The second-order valence-electron chi connectivity index (χ2n) is 9.86. The number of amides is 2. The molecule has 0 aliphatic carbocycles. The first-order valence-corrected chi connectivity index (χ1v) is 13.9. The Hall–Kier alpha value is -3.42. The molecule has 0 bridgehead atoms. The Labute approximate surface area is 233 Å². The predicted molar refractivity (Wildman–Crippen MR) is 142 cm³/mol. The van der Waals surface area contributed by atoms with Crippen molar-refractivity contribution in [3.63, 3.8) is 0 Å². The highest BCUT2D eigenvalue weighted by Crippen LogP contribution is 2.31. The van der Waals surface area contributed by atoms with Gasteiger partial charge in [0, 0.05) is 50.3 Å². The van der Waals surface area contributed by atoms with E-state index >= 15 is 0 Å². The molecule has 5 heterocycles. The number of hydrogen-bond acceptors (Lipinski definition) is 9. The molecule has 39 heavy (non-hydrogen) atoms. The number of thiophene rings is 1. The van der Waals surface area contributed by atoms with Gasteiger partial charge in [-0.15, -0.1) is 11.3 Å². The molecule has 12 nitrogen and oxygen atoms in total. The zero-order chi connectivity index (χ0) is 27.7. The molecule has 2 aliphatic rings. The van der Waals surface area contributed by atoms with E-state index in [1.165, 1.54) is 27.0 Å². The summed E-state index contributed by atoms with van der Waals surface area (Å²) in [5.41, 5.74) is 0.721. The highest BCUT2D eigenvalue weighted by Gasteiger charge is 2.37. The summed E-state index contributed by atoms with van der Waals surface area (Å²) in [7, 11) is 0. The molecular weight excluding hydrogens is 548 g/mol. The van der Waals surface area contributed by atoms with Gasteiger partial charge in [0.15, 0.2) is 17.7 Å². The highest BCUT2D eigenvalue weighted by atomic mass is 35.5. The highest BCUT2D eigenvalue weighted by molar-refractivity contribution is 7.19. The van der Waals surface area contributed by atoms with Crippen molar-refractivity contribution < 1.29 is 28.8 Å². The standard InChI is InChI=1S/C25H29ClN6O6S/c1-14(2)30-8-5-15(6-9-30)27-23(33)18-12-17(24(34)31-10-7-22(31)37-25(35)36)28-32(18)13-16-11-19(38-29-16)20-3-4-21(26)39-20/h3-4,11-12,14-15,22H,5-10,13H2,1-2H3,(H,27,33)(H,35,36). The summed E-state index contributed by atoms with van der Waals surface area (Å²) in [6.07, 6.45) is -0.293. The van der Waals surface area contributed by atoms with E-state index in [0.717, 1.165) is 30.8 Å². The summed E-state index contributed by atoms with van der Waals surface area (Å²) in [4.78, 5) is 41.9. The van der Waals surface area contributed by atoms with Gasteiger partial charge >= 0.3 is 6.16 Å². The van der Waals surface area contributed by atoms with Gasteiger partial charge in [0.2, 0.25) is 0 Å². The maximum atomic E-state index is 13.4. The van der Waals surface area contributed by atoms with E-state index in [9.17, 15) is 14.4 Å². The third-order valence-corrected chi connectivity index (χ3v) is 8.22. The molecule has 2 aliphatic heterocycles. The van der Waals surface area contributed by atoms with Gasteiger partial charge in [-0.05, 0) is 38.8 Å². The lowest BCUT2D eigenvalue weighted by Gasteiger charge is -2.38. The van der Waals surface area contributed by atoms with E-state index in [1.807, 2.05) is 6.07 Å². The van der Waals surface area contributed by atoms with Gasteiger partial charge in [-0.1, -0.05) is 16.8 Å². The molecule has 3 aromatic heterocycles. The summed E-state index contributed by atoms with van der Waals surface area (Å²) in [6.45, 7) is 6.50. The van der Waals surface area contributed by atoms with Crippen LogP contribution in [0.1, 0.15) is 59.8 Å². The molecule has 5 rings (SSSR count). The minimum atomic E-state index is -1.46. The number of carbonyl (C=O) groups is 3. The molecule has 0 radical (unpaired) electrons. The minimum absolute atomic E-state index is 0.000889. The van der Waals surface area contributed by atoms with E-state index in [4.69, 9.17) is 26.0 Å². The largest absolute Gasteiger partial charge is 0.507 e. The van der Waals surface area contributed by atoms with Crippen LogP contribution in [0.15, 0.2) is 28.8 Å². The number of likely N-dealkylation sites (tertiary alicyclic amines) is 2. The fourth-order valence-electron chi connectivity index (χ4n) is 4.73. The molecule has 0 saturated carbocycles. The average Bonchev–Trinajstić information content (AvgIpc) is 3.62. The van der Waals surface area contributed by atoms with Crippen LogP contribution in [-0.2, 0) is 11.3 Å². The van der Waals surface area contributed by atoms with Crippen molar-refractivity contribution in [2.75, 3.05) is 19.6 Å². The quantitative estimate of drug-likeness (QED) is 0.383. The van der Waals surface area contributed by atoms with Crippen LogP contribution in [0.5, 0.6) is 0 Å². The first-order valence-electron chi connectivity index (χ1n) is 12.7. The molecule has 3 aromatic rings. The number of carbonyl (C=O) groups excluding carboxylic acids is 2. The number of aromatic nitrogens is 3. The smallest absolute Gasteiger partial charge is 0.450 e. The van der Waals surface area contributed by atoms with E-state index < -0.39 is 18.3 Å². The SMILES string of the molecule is CC(C)N1CCC(NC(=O)c2cc(C(=O)N3CCC3OC(=O)O)nn2Cc2cc(-c3ccc(Cl)s3)on2)CC1. The zero-order valence-corrected chi connectivity index (χ0v) is 23.1. The Morgan fingerprint density at radius 1 is 1.21 bits per heavy atom. The van der Waals surface area contributed by atoms with Crippen molar-refractivity contribution >= 4 is 40.9 Å². The van der Waals surface area contributed by atoms with Crippen LogP contribution in [-0.4, -0.2) is 85.8 Å². The fourth-order valence-corrected chi connectivity index (χ4v) is 5.72. The number of carboxylic acid groups (broad SMARTS) is 1. The van der Waals surface area contributed by atoms with Crippen molar-refractivity contribution in [1.29, 1.82) is 0 Å². The molecule has 2 fully saturated rings. The summed E-state index contributed by atoms with van der Waals surface area (Å²) < 4.78 is 12.3. The van der Waals surface area contributed by atoms with Crippen LogP contribution in [0.3, 0.4) is 0 Å². The fraction of sp³-hybridized carbons (Fsp3) is 0.480. The zero-order valence-electron chi connectivity index (χ0n) is 21.5. The number of nitrogens with zero attached hydrogens (tertiary/aromatic N) is 5. The summed E-state index contributed by atoms with van der Waals surface area (Å²) in [5, 5.41) is 20.5. The Balaban J connectivity index is 1.36. The van der Waals surface area contributed by atoms with E-state index in [2.05, 4.69) is 34.3 Å². The normalized spacial score (nSPS) is 18.3. The van der Waals surface area contributed by atoms with Gasteiger partial charge in [-0.3, -0.25) is 14.3 Å². The molecule has 1 unspecified atom stereocenters. The van der Waals surface area contributed by atoms with Crippen LogP contribution in [0.4, 0.5) is 4.79 Å². The van der Waals surface area contributed by atoms with Crippen molar-refractivity contribution in [3.8, 4) is 10.6 Å². The summed E-state index contributed by atoms with van der Waals surface area (Å²) in [5.74, 6) is -0.331. The molecule has 2 saturated heterocycles. The lowest BCUT2D eigenvalue weighted by Crippen LogP contribution is -2.53. The van der Waals surface area contributed by atoms with Crippen LogP contribution in [0.25, 0.3) is 10.6 Å². The van der Waals surface area contributed by atoms with Gasteiger partial charge in [-0.2, -0.15) is 5.10 Å². The molecule has 0 aromatic carbocycles. The number of rotatable bonds is 8. The monoisotopic (exact) mass is 576 g/mol. The number of halogens is 1. The maximum absolute atomic E-state index is 13.4. The van der Waals surface area contributed by atoms with Crippen molar-refractivity contribution in [1.82, 2.24) is 30.1 Å². The lowest BCUT2D eigenvalue weighted by atomic mass is 10.0. The second kappa shape index (κ2) is 11.4. The van der Waals surface area contributed by atoms with Crippen LogP contribution < -0.4 is 5.32 Å². The van der Waals surface area contributed by atoms with Crippen LogP contribution in [0, 0.1) is 0 Å². The van der Waals surface area contributed by atoms with Crippen molar-refractivity contribution in [2.45, 2.75) is 58.0 Å². The molecule has 2 amide bonds.